The second-order valence-corrected chi connectivity index (χ2v) is 8.57. The zero-order valence-electron chi connectivity index (χ0n) is 19.9. The molecule has 3 aromatic carbocycles. The number of fused-ring (bicyclic) bond motifs is 3. The highest BCUT2D eigenvalue weighted by atomic mass is 16.5. The Morgan fingerprint density at radius 3 is 2.28 bits per heavy atom. The van der Waals surface area contributed by atoms with Gasteiger partial charge in [-0.1, -0.05) is 24.3 Å². The van der Waals surface area contributed by atoms with Crippen LogP contribution < -0.4 is 20.3 Å². The quantitative estimate of drug-likeness (QED) is 0.411. The van der Waals surface area contributed by atoms with Gasteiger partial charge in [-0.25, -0.2) is 4.98 Å². The highest BCUT2D eigenvalue weighted by Gasteiger charge is 2.40. The van der Waals surface area contributed by atoms with E-state index >= 15 is 0 Å². The molecule has 1 aromatic heterocycles. The van der Waals surface area contributed by atoms with Gasteiger partial charge in [0.2, 0.25) is 17.8 Å². The molecule has 0 radical (unpaired) electrons. The second-order valence-electron chi connectivity index (χ2n) is 8.57. The van der Waals surface area contributed by atoms with Gasteiger partial charge in [0, 0.05) is 18.3 Å². The summed E-state index contributed by atoms with van der Waals surface area (Å²) in [5.41, 5.74) is 3.70. The van der Waals surface area contributed by atoms with Gasteiger partial charge in [0.05, 0.1) is 31.1 Å². The summed E-state index contributed by atoms with van der Waals surface area (Å²) in [6, 6.07) is 21.2. The summed E-state index contributed by atoms with van der Waals surface area (Å²) in [7, 11) is 1.61. The lowest BCUT2D eigenvalue weighted by molar-refractivity contribution is -0.124. The number of nitrogens with zero attached hydrogens (tertiary/aromatic N) is 3. The van der Waals surface area contributed by atoms with Gasteiger partial charge >= 0.3 is 0 Å². The Hall–Kier alpha value is -4.66. The summed E-state index contributed by atoms with van der Waals surface area (Å²) in [5, 5.41) is 5.54. The Morgan fingerprint density at radius 2 is 1.61 bits per heavy atom. The second kappa shape index (κ2) is 9.53. The molecule has 3 amide bonds. The van der Waals surface area contributed by atoms with Crippen LogP contribution in [-0.2, 0) is 20.9 Å². The van der Waals surface area contributed by atoms with E-state index in [4.69, 9.17) is 9.72 Å². The molecule has 1 aliphatic heterocycles. The van der Waals surface area contributed by atoms with Gasteiger partial charge in [-0.2, -0.15) is 0 Å². The minimum Gasteiger partial charge on any atom is -0.497 e. The summed E-state index contributed by atoms with van der Waals surface area (Å²) >= 11 is 0. The highest BCUT2D eigenvalue weighted by molar-refractivity contribution is 6.05. The van der Waals surface area contributed by atoms with E-state index in [1.54, 1.807) is 36.3 Å². The van der Waals surface area contributed by atoms with Crippen LogP contribution in [0.5, 0.6) is 5.75 Å². The van der Waals surface area contributed by atoms with Gasteiger partial charge in [0.15, 0.2) is 0 Å². The summed E-state index contributed by atoms with van der Waals surface area (Å²) in [4.78, 5) is 44.1. The molecular formula is C27H25N5O4. The van der Waals surface area contributed by atoms with Crippen LogP contribution in [0.2, 0.25) is 0 Å². The monoisotopic (exact) mass is 483 g/mol. The lowest BCUT2D eigenvalue weighted by Crippen LogP contribution is -2.31. The van der Waals surface area contributed by atoms with Crippen molar-refractivity contribution >= 4 is 46.1 Å². The first-order valence-electron chi connectivity index (χ1n) is 11.5. The SMILES string of the molecule is COc1ccc(CN2C(=O)C(CC(=O)Nc3ccc(NC(C)=O)cc3)n3c2nc2ccccc23)cc1. The molecule has 0 bridgehead atoms. The van der Waals surface area contributed by atoms with Crippen LogP contribution in [0, 0.1) is 0 Å². The Morgan fingerprint density at radius 1 is 0.944 bits per heavy atom. The zero-order valence-corrected chi connectivity index (χ0v) is 19.9. The van der Waals surface area contributed by atoms with E-state index < -0.39 is 6.04 Å². The number of benzene rings is 3. The third-order valence-corrected chi connectivity index (χ3v) is 6.05. The number of nitrogens with one attached hydrogen (secondary N) is 2. The lowest BCUT2D eigenvalue weighted by Gasteiger charge is -2.16. The van der Waals surface area contributed by atoms with Crippen LogP contribution in [0.4, 0.5) is 17.3 Å². The number of para-hydroxylation sites is 2. The molecule has 0 spiro atoms. The zero-order chi connectivity index (χ0) is 25.2. The molecule has 0 saturated carbocycles. The molecule has 1 aliphatic rings. The number of aromatic nitrogens is 2. The Balaban J connectivity index is 1.39. The number of methoxy groups -OCH3 is 1. The maximum absolute atomic E-state index is 13.6. The predicted octanol–water partition coefficient (Wildman–Crippen LogP) is 4.12. The van der Waals surface area contributed by atoms with Crippen LogP contribution >= 0.6 is 0 Å². The van der Waals surface area contributed by atoms with Crippen molar-refractivity contribution in [2.45, 2.75) is 25.9 Å². The number of carbonyl (C=O) groups is 3. The molecule has 0 aliphatic carbocycles. The van der Waals surface area contributed by atoms with Gasteiger partial charge < -0.3 is 15.4 Å². The smallest absolute Gasteiger partial charge is 0.253 e. The topological polar surface area (TPSA) is 106 Å². The number of rotatable bonds is 7. The van der Waals surface area contributed by atoms with Gasteiger partial charge in [0.1, 0.15) is 11.8 Å². The molecule has 0 fully saturated rings. The fourth-order valence-electron chi connectivity index (χ4n) is 4.39. The van der Waals surface area contributed by atoms with Crippen molar-refractivity contribution < 1.29 is 19.1 Å². The predicted molar refractivity (Wildman–Crippen MR) is 137 cm³/mol. The van der Waals surface area contributed by atoms with E-state index in [9.17, 15) is 14.4 Å². The van der Waals surface area contributed by atoms with Crippen molar-refractivity contribution in [2.24, 2.45) is 0 Å². The van der Waals surface area contributed by atoms with Crippen LogP contribution in [-0.4, -0.2) is 34.4 Å². The lowest BCUT2D eigenvalue weighted by atomic mass is 10.1. The molecular weight excluding hydrogens is 458 g/mol. The fourth-order valence-corrected chi connectivity index (χ4v) is 4.39. The molecule has 36 heavy (non-hydrogen) atoms. The van der Waals surface area contributed by atoms with Gasteiger partial charge in [-0.3, -0.25) is 23.9 Å². The van der Waals surface area contributed by atoms with E-state index in [2.05, 4.69) is 10.6 Å². The first kappa shape index (κ1) is 23.1. The van der Waals surface area contributed by atoms with Crippen molar-refractivity contribution in [3.63, 3.8) is 0 Å². The van der Waals surface area contributed by atoms with Crippen molar-refractivity contribution in [3.8, 4) is 5.75 Å². The van der Waals surface area contributed by atoms with Crippen molar-refractivity contribution in [2.75, 3.05) is 22.6 Å². The molecule has 1 unspecified atom stereocenters. The minimum atomic E-state index is -0.718. The van der Waals surface area contributed by atoms with Crippen LogP contribution in [0.3, 0.4) is 0 Å². The Bertz CT molecular complexity index is 1440. The third-order valence-electron chi connectivity index (χ3n) is 6.05. The van der Waals surface area contributed by atoms with Crippen LogP contribution in [0.1, 0.15) is 24.9 Å². The molecule has 2 heterocycles. The maximum atomic E-state index is 13.6. The first-order valence-corrected chi connectivity index (χ1v) is 11.5. The number of hydrogen-bond acceptors (Lipinski definition) is 5. The van der Waals surface area contributed by atoms with E-state index in [1.807, 2.05) is 53.1 Å². The average molecular weight is 484 g/mol. The largest absolute Gasteiger partial charge is 0.497 e. The van der Waals surface area contributed by atoms with Crippen molar-refractivity contribution in [3.05, 3.63) is 78.4 Å². The average Bonchev–Trinajstić information content (AvgIpc) is 3.36. The number of amides is 3. The maximum Gasteiger partial charge on any atom is 0.253 e. The fraction of sp³-hybridized carbons (Fsp3) is 0.185. The number of hydrogen-bond donors (Lipinski definition) is 2. The van der Waals surface area contributed by atoms with Gasteiger partial charge in [0.25, 0.3) is 5.91 Å². The van der Waals surface area contributed by atoms with Gasteiger partial charge in [-0.05, 0) is 54.1 Å². The van der Waals surface area contributed by atoms with E-state index in [1.165, 1.54) is 6.92 Å². The normalized spacial score (nSPS) is 14.6. The standard InChI is InChI=1S/C27H25N5O4/c1-17(33)28-19-9-11-20(12-10-19)29-25(34)15-24-26(35)31(16-18-7-13-21(36-2)14-8-18)27-30-22-5-3-4-6-23(22)32(24)27/h3-14,24H,15-16H2,1-2H3,(H,28,33)(H,29,34). The summed E-state index contributed by atoms with van der Waals surface area (Å²) < 4.78 is 7.08. The van der Waals surface area contributed by atoms with E-state index in [-0.39, 0.29) is 24.1 Å². The van der Waals surface area contributed by atoms with Crippen LogP contribution in [0.25, 0.3) is 11.0 Å². The summed E-state index contributed by atoms with van der Waals surface area (Å²) in [6.45, 7) is 1.76. The van der Waals surface area contributed by atoms with Gasteiger partial charge in [-0.15, -0.1) is 0 Å². The number of anilines is 3. The molecule has 5 rings (SSSR count). The molecule has 9 heteroatoms. The molecule has 2 N–H and O–H groups in total. The molecule has 182 valence electrons. The minimum absolute atomic E-state index is 0.0429. The summed E-state index contributed by atoms with van der Waals surface area (Å²) in [6.07, 6.45) is -0.0429. The Kier molecular flexibility index (Phi) is 6.12. The third kappa shape index (κ3) is 4.50. The molecule has 0 saturated heterocycles. The van der Waals surface area contributed by atoms with Crippen molar-refractivity contribution in [1.29, 1.82) is 0 Å². The highest BCUT2D eigenvalue weighted by Crippen LogP contribution is 2.37. The number of imidazole rings is 1. The Labute approximate surface area is 207 Å². The van der Waals surface area contributed by atoms with E-state index in [0.29, 0.717) is 23.9 Å². The molecule has 4 aromatic rings. The molecule has 1 atom stereocenters. The van der Waals surface area contributed by atoms with Crippen molar-refractivity contribution in [1.82, 2.24) is 9.55 Å². The van der Waals surface area contributed by atoms with E-state index in [0.717, 1.165) is 22.3 Å². The van der Waals surface area contributed by atoms with Crippen LogP contribution in [0.15, 0.2) is 72.8 Å². The first-order chi connectivity index (χ1) is 17.4. The molecule has 9 nitrogen and oxygen atoms in total. The number of ether oxygens (including phenoxy) is 1. The number of carbonyl (C=O) groups excluding carboxylic acids is 3. The summed E-state index contributed by atoms with van der Waals surface area (Å²) in [5.74, 6) is 0.604.